The number of nitrogens with zero attached hydrogens (tertiary/aromatic N) is 1. The lowest BCUT2D eigenvalue weighted by atomic mass is 9.69. The molecule has 0 spiro atoms. The third kappa shape index (κ3) is 1.74. The monoisotopic (exact) mass is 252 g/mol. The van der Waals surface area contributed by atoms with Crippen molar-refractivity contribution < 1.29 is 0 Å². The summed E-state index contributed by atoms with van der Waals surface area (Å²) in [7, 11) is 0. The van der Waals surface area contributed by atoms with Gasteiger partial charge in [0.25, 0.3) is 0 Å². The van der Waals surface area contributed by atoms with E-state index in [0.29, 0.717) is 5.92 Å². The number of hydrogen-bond donors (Lipinski definition) is 1. The standard InChI is InChI=1S/C17H20N2/c1-11-7-5-6-10-17(11,4)14-8-9-15-16(12(14)2)19-13(3)18-15/h5-11H,1-4H3,(H,18,19). The predicted molar refractivity (Wildman–Crippen MR) is 80.4 cm³/mol. The van der Waals surface area contributed by atoms with E-state index in [1.54, 1.807) is 0 Å². The molecule has 2 aromatic rings. The largest absolute Gasteiger partial charge is 0.342 e. The van der Waals surface area contributed by atoms with E-state index in [2.05, 4.69) is 67.2 Å². The van der Waals surface area contributed by atoms with Gasteiger partial charge in [-0.15, -0.1) is 0 Å². The molecule has 1 N–H and O–H groups in total. The van der Waals surface area contributed by atoms with Gasteiger partial charge in [0.05, 0.1) is 11.0 Å². The Morgan fingerprint density at radius 2 is 2.00 bits per heavy atom. The maximum absolute atomic E-state index is 4.63. The van der Waals surface area contributed by atoms with E-state index in [1.807, 2.05) is 6.92 Å². The summed E-state index contributed by atoms with van der Waals surface area (Å²) in [6.45, 7) is 8.78. The van der Waals surface area contributed by atoms with Crippen molar-refractivity contribution in [3.05, 3.63) is 53.4 Å². The zero-order valence-corrected chi connectivity index (χ0v) is 12.0. The minimum absolute atomic E-state index is 0.0554. The Hall–Kier alpha value is -1.83. The van der Waals surface area contributed by atoms with Gasteiger partial charge in [-0.25, -0.2) is 4.98 Å². The lowest BCUT2D eigenvalue weighted by Crippen LogP contribution is -2.29. The summed E-state index contributed by atoms with van der Waals surface area (Å²) in [4.78, 5) is 7.94. The fourth-order valence-corrected chi connectivity index (χ4v) is 3.09. The van der Waals surface area contributed by atoms with Crippen molar-refractivity contribution >= 4 is 11.0 Å². The Bertz CT molecular complexity index is 691. The fraction of sp³-hybridized carbons (Fsp3) is 0.353. The molecule has 0 radical (unpaired) electrons. The highest BCUT2D eigenvalue weighted by Gasteiger charge is 2.32. The summed E-state index contributed by atoms with van der Waals surface area (Å²) in [5.41, 5.74) is 4.95. The lowest BCUT2D eigenvalue weighted by Gasteiger charge is -2.35. The lowest BCUT2D eigenvalue weighted by molar-refractivity contribution is 0.456. The topological polar surface area (TPSA) is 28.7 Å². The van der Waals surface area contributed by atoms with Gasteiger partial charge in [-0.1, -0.05) is 44.2 Å². The number of rotatable bonds is 1. The average molecular weight is 252 g/mol. The van der Waals surface area contributed by atoms with Crippen LogP contribution in [0.4, 0.5) is 0 Å². The van der Waals surface area contributed by atoms with Gasteiger partial charge in [0, 0.05) is 5.41 Å². The Balaban J connectivity index is 2.23. The van der Waals surface area contributed by atoms with Crippen LogP contribution in [0.5, 0.6) is 0 Å². The van der Waals surface area contributed by atoms with Crippen LogP contribution < -0.4 is 0 Å². The van der Waals surface area contributed by atoms with Crippen LogP contribution in [0, 0.1) is 19.8 Å². The number of aromatic amines is 1. The van der Waals surface area contributed by atoms with Gasteiger partial charge in [-0.05, 0) is 37.0 Å². The molecule has 0 saturated heterocycles. The van der Waals surface area contributed by atoms with Gasteiger partial charge >= 0.3 is 0 Å². The molecule has 2 heteroatoms. The molecule has 0 saturated carbocycles. The molecule has 0 fully saturated rings. The first-order valence-corrected chi connectivity index (χ1v) is 6.85. The number of aromatic nitrogens is 2. The number of H-pyrrole nitrogens is 1. The first-order chi connectivity index (χ1) is 9.02. The molecule has 0 bridgehead atoms. The van der Waals surface area contributed by atoms with Crippen molar-refractivity contribution in [2.24, 2.45) is 5.92 Å². The van der Waals surface area contributed by atoms with Crippen LogP contribution in [0.15, 0.2) is 36.4 Å². The summed E-state index contributed by atoms with van der Waals surface area (Å²) >= 11 is 0. The molecule has 1 heterocycles. The van der Waals surface area contributed by atoms with Gasteiger partial charge in [0.15, 0.2) is 0 Å². The van der Waals surface area contributed by atoms with E-state index in [9.17, 15) is 0 Å². The fourth-order valence-electron chi connectivity index (χ4n) is 3.09. The highest BCUT2D eigenvalue weighted by molar-refractivity contribution is 5.80. The average Bonchev–Trinajstić information content (AvgIpc) is 2.75. The Labute approximate surface area is 114 Å². The van der Waals surface area contributed by atoms with Crippen LogP contribution in [0.25, 0.3) is 11.0 Å². The Morgan fingerprint density at radius 1 is 1.21 bits per heavy atom. The minimum Gasteiger partial charge on any atom is -0.342 e. The molecule has 1 aromatic heterocycles. The molecular weight excluding hydrogens is 232 g/mol. The summed E-state index contributed by atoms with van der Waals surface area (Å²) in [5.74, 6) is 1.47. The van der Waals surface area contributed by atoms with E-state index in [4.69, 9.17) is 0 Å². The SMILES string of the molecule is Cc1nc2c(C)c(C3(C)C=CC=CC3C)ccc2[nH]1. The van der Waals surface area contributed by atoms with Crippen LogP contribution in [-0.2, 0) is 5.41 Å². The third-order valence-electron chi connectivity index (χ3n) is 4.51. The molecule has 2 atom stereocenters. The number of nitrogens with one attached hydrogen (secondary N) is 1. The van der Waals surface area contributed by atoms with Gasteiger partial charge in [-0.3, -0.25) is 0 Å². The second-order valence-corrected chi connectivity index (χ2v) is 5.77. The smallest absolute Gasteiger partial charge is 0.104 e. The van der Waals surface area contributed by atoms with Crippen LogP contribution >= 0.6 is 0 Å². The van der Waals surface area contributed by atoms with Crippen LogP contribution in [0.1, 0.15) is 30.8 Å². The van der Waals surface area contributed by atoms with Crippen molar-refractivity contribution in [3.8, 4) is 0 Å². The van der Waals surface area contributed by atoms with Crippen molar-refractivity contribution in [2.75, 3.05) is 0 Å². The molecule has 98 valence electrons. The van der Waals surface area contributed by atoms with Gasteiger partial charge in [0.2, 0.25) is 0 Å². The number of aryl methyl sites for hydroxylation is 2. The second kappa shape index (κ2) is 4.09. The van der Waals surface area contributed by atoms with Crippen LogP contribution in [0.3, 0.4) is 0 Å². The van der Waals surface area contributed by atoms with Crippen molar-refractivity contribution in [1.82, 2.24) is 9.97 Å². The molecule has 0 amide bonds. The highest BCUT2D eigenvalue weighted by Crippen LogP contribution is 2.39. The molecular formula is C17H20N2. The zero-order chi connectivity index (χ0) is 13.6. The predicted octanol–water partition coefficient (Wildman–Crippen LogP) is 4.20. The molecule has 0 aliphatic heterocycles. The summed E-state index contributed by atoms with van der Waals surface area (Å²) in [6.07, 6.45) is 8.88. The number of benzene rings is 1. The molecule has 2 nitrogen and oxygen atoms in total. The van der Waals surface area contributed by atoms with Gasteiger partial charge in [0.1, 0.15) is 5.82 Å². The number of fused-ring (bicyclic) bond motifs is 1. The molecule has 3 rings (SSSR count). The first kappa shape index (κ1) is 12.2. The molecule has 2 unspecified atom stereocenters. The maximum atomic E-state index is 4.63. The summed E-state index contributed by atoms with van der Waals surface area (Å²) < 4.78 is 0. The van der Waals surface area contributed by atoms with Crippen LogP contribution in [0.2, 0.25) is 0 Å². The highest BCUT2D eigenvalue weighted by atomic mass is 14.9. The summed E-state index contributed by atoms with van der Waals surface area (Å²) in [6, 6.07) is 4.40. The second-order valence-electron chi connectivity index (χ2n) is 5.77. The number of hydrogen-bond acceptors (Lipinski definition) is 1. The van der Waals surface area contributed by atoms with E-state index >= 15 is 0 Å². The Morgan fingerprint density at radius 3 is 2.74 bits per heavy atom. The molecule has 1 aliphatic carbocycles. The van der Waals surface area contributed by atoms with Crippen molar-refractivity contribution in [2.45, 2.75) is 33.1 Å². The Kier molecular flexibility index (Phi) is 2.63. The minimum atomic E-state index is 0.0554. The number of imidazole rings is 1. The first-order valence-electron chi connectivity index (χ1n) is 6.85. The van der Waals surface area contributed by atoms with E-state index in [-0.39, 0.29) is 5.41 Å². The van der Waals surface area contributed by atoms with E-state index in [0.717, 1.165) is 16.9 Å². The maximum Gasteiger partial charge on any atom is 0.104 e. The van der Waals surface area contributed by atoms with Gasteiger partial charge in [-0.2, -0.15) is 0 Å². The van der Waals surface area contributed by atoms with Crippen LogP contribution in [-0.4, -0.2) is 9.97 Å². The summed E-state index contributed by atoms with van der Waals surface area (Å²) in [5, 5.41) is 0. The third-order valence-corrected chi connectivity index (χ3v) is 4.51. The number of allylic oxidation sites excluding steroid dienone is 4. The van der Waals surface area contributed by atoms with E-state index < -0.39 is 0 Å². The molecule has 1 aromatic carbocycles. The van der Waals surface area contributed by atoms with Gasteiger partial charge < -0.3 is 4.98 Å². The molecule has 1 aliphatic rings. The van der Waals surface area contributed by atoms with Crippen molar-refractivity contribution in [3.63, 3.8) is 0 Å². The normalized spacial score (nSPS) is 26.2. The zero-order valence-electron chi connectivity index (χ0n) is 12.0. The van der Waals surface area contributed by atoms with E-state index in [1.165, 1.54) is 11.1 Å². The van der Waals surface area contributed by atoms with Crippen molar-refractivity contribution in [1.29, 1.82) is 0 Å². The molecule has 19 heavy (non-hydrogen) atoms. The quantitative estimate of drug-likeness (QED) is 0.809.